The van der Waals surface area contributed by atoms with E-state index in [-0.39, 0.29) is 23.6 Å². The van der Waals surface area contributed by atoms with Crippen molar-refractivity contribution < 1.29 is 4.39 Å². The molecule has 1 atom stereocenters. The molecule has 3 N–H and O–H groups in total. The summed E-state index contributed by atoms with van der Waals surface area (Å²) in [4.78, 5) is 12.1. The van der Waals surface area contributed by atoms with Crippen molar-refractivity contribution in [3.05, 3.63) is 40.1 Å². The van der Waals surface area contributed by atoms with Crippen LogP contribution in [0.15, 0.2) is 33.0 Å². The summed E-state index contributed by atoms with van der Waals surface area (Å²) in [6.45, 7) is 5.64. The number of hydrogen-bond acceptors (Lipinski definition) is 4. The second kappa shape index (κ2) is 6.44. The number of nitrogens with one attached hydrogen (secondary N) is 1. The van der Waals surface area contributed by atoms with Crippen LogP contribution in [0.5, 0.6) is 0 Å². The van der Waals surface area contributed by atoms with E-state index in [0.717, 1.165) is 17.3 Å². The van der Waals surface area contributed by atoms with Crippen LogP contribution in [-0.2, 0) is 6.42 Å². The molecule has 0 aliphatic heterocycles. The van der Waals surface area contributed by atoms with Crippen LogP contribution >= 0.6 is 11.8 Å². The van der Waals surface area contributed by atoms with Gasteiger partial charge in [0.05, 0.1) is 4.90 Å². The Hall–Kier alpha value is -1.60. The summed E-state index contributed by atoms with van der Waals surface area (Å²) in [6, 6.07) is 4.97. The first-order chi connectivity index (χ1) is 9.88. The van der Waals surface area contributed by atoms with E-state index in [4.69, 9.17) is 5.73 Å². The van der Waals surface area contributed by atoms with E-state index in [0.29, 0.717) is 16.5 Å². The molecule has 0 spiro atoms. The van der Waals surface area contributed by atoms with E-state index in [1.807, 2.05) is 26.8 Å². The zero-order chi connectivity index (χ0) is 15.6. The first-order valence-corrected chi connectivity index (χ1v) is 7.59. The number of aromatic amines is 1. The SMILES string of the molecule is CC(N)Cc1ccc(Sc2n[nH]c(=O)n2C(C)C)c(F)c1. The van der Waals surface area contributed by atoms with Gasteiger partial charge in [0.15, 0.2) is 5.16 Å². The van der Waals surface area contributed by atoms with Gasteiger partial charge in [-0.1, -0.05) is 6.07 Å². The lowest BCUT2D eigenvalue weighted by Crippen LogP contribution is -2.19. The highest BCUT2D eigenvalue weighted by Crippen LogP contribution is 2.29. The molecule has 1 heterocycles. The average molecular weight is 310 g/mol. The highest BCUT2D eigenvalue weighted by atomic mass is 32.2. The standard InChI is InChI=1S/C14H19FN4OS/c1-8(2)19-13(20)17-18-14(19)21-12-5-4-10(6-9(3)16)7-11(12)15/h4-5,7-9H,6,16H2,1-3H3,(H,17,20). The van der Waals surface area contributed by atoms with Gasteiger partial charge in [-0.15, -0.1) is 5.10 Å². The summed E-state index contributed by atoms with van der Waals surface area (Å²) >= 11 is 1.13. The number of nitrogens with zero attached hydrogens (tertiary/aromatic N) is 2. The normalized spacial score (nSPS) is 12.9. The molecule has 1 aromatic carbocycles. The van der Waals surface area contributed by atoms with E-state index in [9.17, 15) is 9.18 Å². The van der Waals surface area contributed by atoms with Gasteiger partial charge in [0, 0.05) is 12.1 Å². The molecule has 7 heteroatoms. The highest BCUT2D eigenvalue weighted by Gasteiger charge is 2.15. The van der Waals surface area contributed by atoms with Crippen molar-refractivity contribution in [2.75, 3.05) is 0 Å². The summed E-state index contributed by atoms with van der Waals surface area (Å²) in [5.74, 6) is -0.330. The first-order valence-electron chi connectivity index (χ1n) is 6.77. The minimum Gasteiger partial charge on any atom is -0.328 e. The quantitative estimate of drug-likeness (QED) is 0.888. The van der Waals surface area contributed by atoms with Gasteiger partial charge in [-0.05, 0) is 56.7 Å². The predicted molar refractivity (Wildman–Crippen MR) is 81.1 cm³/mol. The van der Waals surface area contributed by atoms with Crippen LogP contribution in [0.25, 0.3) is 0 Å². The van der Waals surface area contributed by atoms with Gasteiger partial charge in [-0.2, -0.15) is 0 Å². The van der Waals surface area contributed by atoms with Crippen molar-refractivity contribution in [1.29, 1.82) is 0 Å². The zero-order valence-corrected chi connectivity index (χ0v) is 13.1. The molecule has 1 unspecified atom stereocenters. The molecule has 114 valence electrons. The minimum absolute atomic E-state index is 0.0136. The molecule has 21 heavy (non-hydrogen) atoms. The molecule has 5 nitrogen and oxygen atoms in total. The van der Waals surface area contributed by atoms with Crippen LogP contribution in [0.4, 0.5) is 4.39 Å². The average Bonchev–Trinajstić information content (AvgIpc) is 2.73. The Morgan fingerprint density at radius 1 is 1.43 bits per heavy atom. The van der Waals surface area contributed by atoms with Gasteiger partial charge >= 0.3 is 5.69 Å². The molecule has 0 bridgehead atoms. The Morgan fingerprint density at radius 3 is 2.71 bits per heavy atom. The monoisotopic (exact) mass is 310 g/mol. The molecule has 2 aromatic rings. The van der Waals surface area contributed by atoms with Gasteiger partial charge in [-0.25, -0.2) is 14.3 Å². The lowest BCUT2D eigenvalue weighted by molar-refractivity contribution is 0.533. The van der Waals surface area contributed by atoms with Crippen LogP contribution in [0, 0.1) is 5.82 Å². The van der Waals surface area contributed by atoms with Crippen molar-refractivity contribution >= 4 is 11.8 Å². The van der Waals surface area contributed by atoms with Crippen LogP contribution < -0.4 is 11.4 Å². The number of rotatable bonds is 5. The number of halogens is 1. The highest BCUT2D eigenvalue weighted by molar-refractivity contribution is 7.99. The Labute approximate surface area is 126 Å². The molecule has 1 aromatic heterocycles. The first kappa shape index (κ1) is 15.8. The molecule has 0 saturated heterocycles. The smallest absolute Gasteiger partial charge is 0.328 e. The maximum absolute atomic E-state index is 14.1. The number of benzene rings is 1. The van der Waals surface area contributed by atoms with E-state index >= 15 is 0 Å². The topological polar surface area (TPSA) is 76.7 Å². The molecule has 0 radical (unpaired) electrons. The number of hydrogen-bond donors (Lipinski definition) is 2. The van der Waals surface area contributed by atoms with Crippen molar-refractivity contribution in [2.24, 2.45) is 5.73 Å². The summed E-state index contributed by atoms with van der Waals surface area (Å²) < 4.78 is 15.6. The molecule has 2 rings (SSSR count). The molecule has 0 fully saturated rings. The van der Waals surface area contributed by atoms with Gasteiger partial charge in [0.1, 0.15) is 5.82 Å². The summed E-state index contributed by atoms with van der Waals surface area (Å²) in [7, 11) is 0. The fourth-order valence-corrected chi connectivity index (χ4v) is 3.01. The second-order valence-corrected chi connectivity index (χ2v) is 6.33. The van der Waals surface area contributed by atoms with Crippen LogP contribution in [0.2, 0.25) is 0 Å². The molecule has 0 saturated carbocycles. The van der Waals surface area contributed by atoms with Crippen LogP contribution in [0.3, 0.4) is 0 Å². The maximum Gasteiger partial charge on any atom is 0.344 e. The number of H-pyrrole nitrogens is 1. The Bertz CT molecular complexity index is 678. The van der Waals surface area contributed by atoms with E-state index in [1.54, 1.807) is 6.07 Å². The van der Waals surface area contributed by atoms with E-state index in [1.165, 1.54) is 10.6 Å². The van der Waals surface area contributed by atoms with Gasteiger partial charge in [0.2, 0.25) is 0 Å². The van der Waals surface area contributed by atoms with E-state index in [2.05, 4.69) is 10.2 Å². The Kier molecular flexibility index (Phi) is 4.84. The molecule has 0 aliphatic carbocycles. The van der Waals surface area contributed by atoms with Gasteiger partial charge in [0.25, 0.3) is 0 Å². The van der Waals surface area contributed by atoms with E-state index < -0.39 is 0 Å². The van der Waals surface area contributed by atoms with Crippen molar-refractivity contribution in [3.63, 3.8) is 0 Å². The second-order valence-electron chi connectivity index (χ2n) is 5.32. The van der Waals surface area contributed by atoms with Crippen molar-refractivity contribution in [2.45, 2.75) is 49.3 Å². The predicted octanol–water partition coefficient (Wildman–Crippen LogP) is 2.33. The fourth-order valence-electron chi connectivity index (χ4n) is 2.04. The molecule has 0 amide bonds. The molecule has 0 aliphatic rings. The molecular formula is C14H19FN4OS. The molecular weight excluding hydrogens is 291 g/mol. The fraction of sp³-hybridized carbons (Fsp3) is 0.429. The third kappa shape index (κ3) is 3.74. The maximum atomic E-state index is 14.1. The Balaban J connectivity index is 2.26. The zero-order valence-electron chi connectivity index (χ0n) is 12.3. The summed E-state index contributed by atoms with van der Waals surface area (Å²) in [5.41, 5.74) is 6.28. The van der Waals surface area contributed by atoms with Crippen LogP contribution in [-0.4, -0.2) is 20.8 Å². The number of nitrogens with two attached hydrogens (primary N) is 1. The van der Waals surface area contributed by atoms with Gasteiger partial charge < -0.3 is 5.73 Å². The van der Waals surface area contributed by atoms with Crippen molar-refractivity contribution in [1.82, 2.24) is 14.8 Å². The Morgan fingerprint density at radius 2 is 2.14 bits per heavy atom. The lowest BCUT2D eigenvalue weighted by Gasteiger charge is -2.10. The van der Waals surface area contributed by atoms with Crippen molar-refractivity contribution in [3.8, 4) is 0 Å². The third-order valence-electron chi connectivity index (χ3n) is 2.94. The summed E-state index contributed by atoms with van der Waals surface area (Å²) in [6.07, 6.45) is 0.626. The van der Waals surface area contributed by atoms with Crippen LogP contribution in [0.1, 0.15) is 32.4 Å². The van der Waals surface area contributed by atoms with Gasteiger partial charge in [-0.3, -0.25) is 4.57 Å². The minimum atomic E-state index is -0.330. The lowest BCUT2D eigenvalue weighted by atomic mass is 10.1. The largest absolute Gasteiger partial charge is 0.344 e. The summed E-state index contributed by atoms with van der Waals surface area (Å²) in [5, 5.41) is 6.79. The third-order valence-corrected chi connectivity index (χ3v) is 3.97. The number of aromatic nitrogens is 3.